The van der Waals surface area contributed by atoms with Crippen LogP contribution in [0.4, 0.5) is 5.69 Å². The van der Waals surface area contributed by atoms with E-state index in [1.165, 1.54) is 17.6 Å². The summed E-state index contributed by atoms with van der Waals surface area (Å²) >= 11 is 0. The summed E-state index contributed by atoms with van der Waals surface area (Å²) in [6, 6.07) is 5.15. The highest BCUT2D eigenvalue weighted by molar-refractivity contribution is 7.89. The number of rotatable bonds is 6. The Morgan fingerprint density at radius 2 is 1.83 bits per heavy atom. The molecule has 1 aromatic heterocycles. The molecule has 1 aliphatic rings. The second-order valence-electron chi connectivity index (χ2n) is 6.97. The van der Waals surface area contributed by atoms with Crippen LogP contribution in [-0.2, 0) is 21.9 Å². The molecule has 10 heteroatoms. The lowest BCUT2D eigenvalue weighted by Gasteiger charge is -2.30. The van der Waals surface area contributed by atoms with E-state index in [0.29, 0.717) is 35.9 Å². The number of piperidine rings is 1. The molecule has 0 spiro atoms. The third-order valence-corrected chi connectivity index (χ3v) is 6.94. The molecule has 158 valence electrons. The van der Waals surface area contributed by atoms with Crippen LogP contribution < -0.4 is 14.8 Å². The molecule has 0 radical (unpaired) electrons. The lowest BCUT2D eigenvalue weighted by atomic mass is 9.97. The molecule has 0 bridgehead atoms. The van der Waals surface area contributed by atoms with Crippen molar-refractivity contribution in [1.29, 1.82) is 0 Å². The van der Waals surface area contributed by atoms with E-state index in [4.69, 9.17) is 9.47 Å². The maximum atomic E-state index is 12.8. The Morgan fingerprint density at radius 3 is 2.38 bits per heavy atom. The van der Waals surface area contributed by atoms with Gasteiger partial charge in [0, 0.05) is 44.0 Å². The summed E-state index contributed by atoms with van der Waals surface area (Å²) in [7, 11) is 1.18. The highest BCUT2D eigenvalue weighted by Crippen LogP contribution is 2.30. The molecule has 1 amide bonds. The maximum Gasteiger partial charge on any atom is 0.262 e. The van der Waals surface area contributed by atoms with Crippen LogP contribution >= 0.6 is 0 Å². The van der Waals surface area contributed by atoms with Gasteiger partial charge in [-0.25, -0.2) is 13.4 Å². The van der Waals surface area contributed by atoms with Gasteiger partial charge in [-0.05, 0) is 31.9 Å². The first-order valence-corrected chi connectivity index (χ1v) is 10.7. The number of ether oxygens (including phenoxy) is 2. The van der Waals surface area contributed by atoms with Gasteiger partial charge in [0.15, 0.2) is 16.5 Å². The quantitative estimate of drug-likeness (QED) is 0.761. The van der Waals surface area contributed by atoms with Gasteiger partial charge in [-0.1, -0.05) is 0 Å². The van der Waals surface area contributed by atoms with Crippen molar-refractivity contribution in [2.24, 2.45) is 13.0 Å². The van der Waals surface area contributed by atoms with Crippen molar-refractivity contribution in [2.45, 2.75) is 24.8 Å². The molecule has 0 atom stereocenters. The minimum Gasteiger partial charge on any atom is -0.493 e. The van der Waals surface area contributed by atoms with Crippen LogP contribution in [0.5, 0.6) is 11.5 Å². The average molecular weight is 423 g/mol. The van der Waals surface area contributed by atoms with E-state index in [1.807, 2.05) is 0 Å². The van der Waals surface area contributed by atoms with Gasteiger partial charge in [0.25, 0.3) is 10.0 Å². The fourth-order valence-corrected chi connectivity index (χ4v) is 4.79. The predicted octanol–water partition coefficient (Wildman–Crippen LogP) is 1.79. The van der Waals surface area contributed by atoms with Gasteiger partial charge in [0.1, 0.15) is 5.82 Å². The first-order valence-electron chi connectivity index (χ1n) is 9.29. The number of carbonyl (C=O) groups is 1. The monoisotopic (exact) mass is 422 g/mol. The minimum absolute atomic E-state index is 0.0470. The zero-order chi connectivity index (χ0) is 21.2. The molecule has 1 fully saturated rings. The molecule has 0 unspecified atom stereocenters. The third-order valence-electron chi connectivity index (χ3n) is 5.17. The van der Waals surface area contributed by atoms with Gasteiger partial charge in [0.05, 0.1) is 14.2 Å². The highest BCUT2D eigenvalue weighted by Gasteiger charge is 2.33. The number of carbonyl (C=O) groups excluding carboxylic acids is 1. The third kappa shape index (κ3) is 4.38. The van der Waals surface area contributed by atoms with E-state index in [0.717, 1.165) is 0 Å². The van der Waals surface area contributed by atoms with Crippen molar-refractivity contribution in [2.75, 3.05) is 32.6 Å². The van der Waals surface area contributed by atoms with E-state index >= 15 is 0 Å². The number of aryl methyl sites for hydroxylation is 2. The molecule has 1 saturated heterocycles. The molecule has 0 aliphatic carbocycles. The SMILES string of the molecule is COc1ccc(NC(=O)C2CCN(S(=O)(=O)c3cn(C)c(C)n3)CC2)cc1OC. The zero-order valence-corrected chi connectivity index (χ0v) is 17.8. The Morgan fingerprint density at radius 1 is 1.17 bits per heavy atom. The van der Waals surface area contributed by atoms with Crippen LogP contribution in [0.2, 0.25) is 0 Å². The number of imidazole rings is 1. The van der Waals surface area contributed by atoms with Crippen molar-refractivity contribution in [3.05, 3.63) is 30.2 Å². The van der Waals surface area contributed by atoms with Gasteiger partial charge in [-0.3, -0.25) is 4.79 Å². The van der Waals surface area contributed by atoms with Crippen LogP contribution in [-0.4, -0.2) is 55.5 Å². The molecule has 2 heterocycles. The second-order valence-corrected chi connectivity index (χ2v) is 8.86. The number of anilines is 1. The number of hydrogen-bond donors (Lipinski definition) is 1. The Bertz CT molecular complexity index is 975. The van der Waals surface area contributed by atoms with Gasteiger partial charge in [0.2, 0.25) is 5.91 Å². The number of benzene rings is 1. The normalized spacial score (nSPS) is 15.9. The smallest absolute Gasteiger partial charge is 0.262 e. The van der Waals surface area contributed by atoms with E-state index < -0.39 is 10.0 Å². The Labute approximate surface area is 170 Å². The highest BCUT2D eigenvalue weighted by atomic mass is 32.2. The Hall–Kier alpha value is -2.59. The predicted molar refractivity (Wildman–Crippen MR) is 108 cm³/mol. The summed E-state index contributed by atoms with van der Waals surface area (Å²) in [5, 5.41) is 2.92. The summed E-state index contributed by atoms with van der Waals surface area (Å²) < 4.78 is 39.1. The van der Waals surface area contributed by atoms with Gasteiger partial charge in [-0.15, -0.1) is 0 Å². The summed E-state index contributed by atoms with van der Waals surface area (Å²) in [5.41, 5.74) is 0.603. The number of amides is 1. The van der Waals surface area contributed by atoms with Crippen LogP contribution in [0.3, 0.4) is 0 Å². The summed E-state index contributed by atoms with van der Waals surface area (Å²) in [4.78, 5) is 16.8. The number of nitrogens with one attached hydrogen (secondary N) is 1. The lowest BCUT2D eigenvalue weighted by molar-refractivity contribution is -0.120. The fourth-order valence-electron chi connectivity index (χ4n) is 3.30. The molecule has 2 aromatic rings. The fraction of sp³-hybridized carbons (Fsp3) is 0.474. The van der Waals surface area contributed by atoms with Gasteiger partial charge < -0.3 is 19.4 Å². The number of sulfonamides is 1. The largest absolute Gasteiger partial charge is 0.493 e. The molecule has 3 rings (SSSR count). The van der Waals surface area contributed by atoms with Crippen molar-refractivity contribution >= 4 is 21.6 Å². The molecule has 0 saturated carbocycles. The van der Waals surface area contributed by atoms with Crippen molar-refractivity contribution < 1.29 is 22.7 Å². The molecule has 1 aliphatic heterocycles. The molecular formula is C19H26N4O5S. The maximum absolute atomic E-state index is 12.8. The Balaban J connectivity index is 1.62. The van der Waals surface area contributed by atoms with E-state index in [2.05, 4.69) is 10.3 Å². The van der Waals surface area contributed by atoms with E-state index in [9.17, 15) is 13.2 Å². The summed E-state index contributed by atoms with van der Waals surface area (Å²) in [6.07, 6.45) is 2.41. The first kappa shape index (κ1) is 21.1. The van der Waals surface area contributed by atoms with Gasteiger partial charge in [-0.2, -0.15) is 4.31 Å². The van der Waals surface area contributed by atoms with Crippen LogP contribution in [0, 0.1) is 12.8 Å². The number of methoxy groups -OCH3 is 2. The summed E-state index contributed by atoms with van der Waals surface area (Å²) in [5.74, 6) is 1.33. The van der Waals surface area contributed by atoms with E-state index in [-0.39, 0.29) is 29.9 Å². The van der Waals surface area contributed by atoms with Crippen molar-refractivity contribution in [3.8, 4) is 11.5 Å². The summed E-state index contributed by atoms with van der Waals surface area (Å²) in [6.45, 7) is 2.31. The van der Waals surface area contributed by atoms with Crippen LogP contribution in [0.25, 0.3) is 0 Å². The molecule has 1 aromatic carbocycles. The molecular weight excluding hydrogens is 396 g/mol. The average Bonchev–Trinajstić information content (AvgIpc) is 3.07. The molecule has 1 N–H and O–H groups in total. The minimum atomic E-state index is -3.65. The van der Waals surface area contributed by atoms with Crippen molar-refractivity contribution in [3.63, 3.8) is 0 Å². The van der Waals surface area contributed by atoms with Gasteiger partial charge >= 0.3 is 0 Å². The number of nitrogens with zero attached hydrogens (tertiary/aromatic N) is 3. The lowest BCUT2D eigenvalue weighted by Crippen LogP contribution is -2.41. The van der Waals surface area contributed by atoms with Crippen LogP contribution in [0.1, 0.15) is 18.7 Å². The van der Waals surface area contributed by atoms with E-state index in [1.54, 1.807) is 43.8 Å². The number of aromatic nitrogens is 2. The molecule has 9 nitrogen and oxygen atoms in total. The number of hydrogen-bond acceptors (Lipinski definition) is 6. The first-order chi connectivity index (χ1) is 13.8. The zero-order valence-electron chi connectivity index (χ0n) is 17.0. The van der Waals surface area contributed by atoms with Crippen molar-refractivity contribution in [1.82, 2.24) is 13.9 Å². The topological polar surface area (TPSA) is 103 Å². The Kier molecular flexibility index (Phi) is 6.13. The molecule has 29 heavy (non-hydrogen) atoms. The standard InChI is InChI=1S/C19H26N4O5S/c1-13-20-18(12-22(13)2)29(25,26)23-9-7-14(8-10-23)19(24)21-15-5-6-16(27-3)17(11-15)28-4/h5-6,11-12,14H,7-10H2,1-4H3,(H,21,24). The second kappa shape index (κ2) is 8.42. The van der Waals surface area contributed by atoms with Crippen LogP contribution in [0.15, 0.2) is 29.4 Å².